The number of allylic oxidation sites excluding steroid dienone is 4. The van der Waals surface area contributed by atoms with Gasteiger partial charge in [-0.1, -0.05) is 49.4 Å². The first-order chi connectivity index (χ1) is 10.3. The predicted molar refractivity (Wildman–Crippen MR) is 88.5 cm³/mol. The molecule has 0 aliphatic heterocycles. The topological polar surface area (TPSA) is 0 Å². The Morgan fingerprint density at radius 3 is 2.71 bits per heavy atom. The first-order valence-electron chi connectivity index (χ1n) is 7.96. The molecule has 1 atom stereocenters. The predicted octanol–water partition coefficient (Wildman–Crippen LogP) is 5.26. The van der Waals surface area contributed by atoms with Gasteiger partial charge in [-0.25, -0.2) is 0 Å². The van der Waals surface area contributed by atoms with Gasteiger partial charge in [-0.3, -0.25) is 0 Å². The van der Waals surface area contributed by atoms with Crippen LogP contribution < -0.4 is 0 Å². The molecule has 5 rings (SSSR count). The van der Waals surface area contributed by atoms with Crippen LogP contribution in [0.5, 0.6) is 0 Å². The van der Waals surface area contributed by atoms with E-state index in [1.165, 1.54) is 34.2 Å². The Labute approximate surface area is 125 Å². The number of hydrogen-bond acceptors (Lipinski definition) is 0. The molecule has 0 heterocycles. The van der Waals surface area contributed by atoms with Crippen molar-refractivity contribution in [2.24, 2.45) is 0 Å². The average Bonchev–Trinajstić information content (AvgIpc) is 3.11. The standard InChI is InChI=1S/C21H18/c1-13-10-19-17(14-6-2-3-7-14)12-18-16-9-5-4-8-15(16)11-20(18)21(13)19/h2-6,8-9,12-13H,7,10-11H2,1H3. The second-order valence-electron chi connectivity index (χ2n) is 6.61. The van der Waals surface area contributed by atoms with Crippen molar-refractivity contribution in [3.8, 4) is 11.1 Å². The van der Waals surface area contributed by atoms with Gasteiger partial charge in [-0.2, -0.15) is 0 Å². The SMILES string of the molecule is CC1Cc2c(C3=CC=CC3)cc3c(c21)Cc1ccccc1-3. The van der Waals surface area contributed by atoms with Gasteiger partial charge in [0.2, 0.25) is 0 Å². The van der Waals surface area contributed by atoms with E-state index in [4.69, 9.17) is 0 Å². The molecule has 0 saturated carbocycles. The van der Waals surface area contributed by atoms with Gasteiger partial charge in [-0.05, 0) is 75.8 Å². The molecule has 0 N–H and O–H groups in total. The number of benzene rings is 2. The highest BCUT2D eigenvalue weighted by molar-refractivity contribution is 5.86. The molecule has 3 aliphatic carbocycles. The van der Waals surface area contributed by atoms with Gasteiger partial charge in [0.1, 0.15) is 0 Å². The third-order valence-electron chi connectivity index (χ3n) is 5.38. The Kier molecular flexibility index (Phi) is 2.19. The Balaban J connectivity index is 1.79. The number of rotatable bonds is 1. The molecule has 0 saturated heterocycles. The Morgan fingerprint density at radius 1 is 1.00 bits per heavy atom. The van der Waals surface area contributed by atoms with E-state index in [0.717, 1.165) is 18.8 Å². The fourth-order valence-electron chi connectivity index (χ4n) is 4.37. The van der Waals surface area contributed by atoms with Crippen LogP contribution in [0.3, 0.4) is 0 Å². The van der Waals surface area contributed by atoms with Crippen molar-refractivity contribution in [1.29, 1.82) is 0 Å². The summed E-state index contributed by atoms with van der Waals surface area (Å²) in [6.45, 7) is 2.39. The molecule has 0 bridgehead atoms. The normalized spacial score (nSPS) is 20.6. The van der Waals surface area contributed by atoms with E-state index in [1.54, 1.807) is 16.7 Å². The molecule has 2 aromatic carbocycles. The van der Waals surface area contributed by atoms with Crippen LogP contribution in [0.25, 0.3) is 16.7 Å². The van der Waals surface area contributed by atoms with Gasteiger partial charge in [-0.15, -0.1) is 0 Å². The van der Waals surface area contributed by atoms with E-state index in [1.807, 2.05) is 0 Å². The second-order valence-corrected chi connectivity index (χ2v) is 6.61. The van der Waals surface area contributed by atoms with E-state index in [9.17, 15) is 0 Å². The zero-order chi connectivity index (χ0) is 14.0. The van der Waals surface area contributed by atoms with Crippen LogP contribution in [0.4, 0.5) is 0 Å². The Hall–Kier alpha value is -2.08. The fourth-order valence-corrected chi connectivity index (χ4v) is 4.37. The molecule has 0 radical (unpaired) electrons. The van der Waals surface area contributed by atoms with Gasteiger partial charge < -0.3 is 0 Å². The zero-order valence-electron chi connectivity index (χ0n) is 12.3. The van der Waals surface area contributed by atoms with Crippen LogP contribution in [0.15, 0.2) is 48.6 Å². The third-order valence-corrected chi connectivity index (χ3v) is 5.38. The molecule has 0 heteroatoms. The van der Waals surface area contributed by atoms with Crippen LogP contribution >= 0.6 is 0 Å². The molecule has 0 aromatic heterocycles. The lowest BCUT2D eigenvalue weighted by molar-refractivity contribution is 0.657. The minimum Gasteiger partial charge on any atom is -0.0801 e. The lowest BCUT2D eigenvalue weighted by Crippen LogP contribution is -2.19. The highest BCUT2D eigenvalue weighted by atomic mass is 14.4. The zero-order valence-corrected chi connectivity index (χ0v) is 12.3. The number of hydrogen-bond donors (Lipinski definition) is 0. The van der Waals surface area contributed by atoms with Gasteiger partial charge in [0.05, 0.1) is 0 Å². The Morgan fingerprint density at radius 2 is 1.90 bits per heavy atom. The summed E-state index contributed by atoms with van der Waals surface area (Å²) >= 11 is 0. The molecule has 0 amide bonds. The van der Waals surface area contributed by atoms with E-state index in [0.29, 0.717) is 0 Å². The monoisotopic (exact) mass is 270 g/mol. The molecule has 102 valence electrons. The molecular weight excluding hydrogens is 252 g/mol. The average molecular weight is 270 g/mol. The van der Waals surface area contributed by atoms with Crippen molar-refractivity contribution < 1.29 is 0 Å². The summed E-state index contributed by atoms with van der Waals surface area (Å²) in [5.74, 6) is 0.734. The quantitative estimate of drug-likeness (QED) is 0.565. The highest BCUT2D eigenvalue weighted by Crippen LogP contribution is 2.50. The van der Waals surface area contributed by atoms with Crippen LogP contribution in [0.2, 0.25) is 0 Å². The maximum Gasteiger partial charge on any atom is -0.00105 e. The Bertz CT molecular complexity index is 833. The second kappa shape index (κ2) is 3.98. The molecule has 3 aliphatic rings. The van der Waals surface area contributed by atoms with Crippen LogP contribution in [-0.4, -0.2) is 0 Å². The summed E-state index contributed by atoms with van der Waals surface area (Å²) in [5.41, 5.74) is 12.4. The lowest BCUT2D eigenvalue weighted by atomic mass is 9.71. The minimum absolute atomic E-state index is 0.734. The van der Waals surface area contributed by atoms with Gasteiger partial charge in [0, 0.05) is 0 Å². The smallest absolute Gasteiger partial charge is 0.00105 e. The van der Waals surface area contributed by atoms with E-state index < -0.39 is 0 Å². The van der Waals surface area contributed by atoms with Crippen molar-refractivity contribution in [3.63, 3.8) is 0 Å². The molecule has 21 heavy (non-hydrogen) atoms. The van der Waals surface area contributed by atoms with E-state index in [2.05, 4.69) is 55.5 Å². The van der Waals surface area contributed by atoms with Gasteiger partial charge >= 0.3 is 0 Å². The largest absolute Gasteiger partial charge is 0.0801 e. The van der Waals surface area contributed by atoms with E-state index >= 15 is 0 Å². The highest BCUT2D eigenvalue weighted by Gasteiger charge is 2.33. The molecule has 0 nitrogen and oxygen atoms in total. The summed E-state index contributed by atoms with van der Waals surface area (Å²) in [5, 5.41) is 0. The summed E-state index contributed by atoms with van der Waals surface area (Å²) in [6.07, 6.45) is 10.3. The first-order valence-corrected chi connectivity index (χ1v) is 7.96. The van der Waals surface area contributed by atoms with Crippen LogP contribution in [0.1, 0.15) is 47.1 Å². The van der Waals surface area contributed by atoms with Crippen molar-refractivity contribution in [1.82, 2.24) is 0 Å². The van der Waals surface area contributed by atoms with Crippen LogP contribution in [0, 0.1) is 0 Å². The fraction of sp³-hybridized carbons (Fsp3) is 0.238. The van der Waals surface area contributed by atoms with Crippen molar-refractivity contribution in [2.75, 3.05) is 0 Å². The molecule has 0 spiro atoms. The summed E-state index contributed by atoms with van der Waals surface area (Å²) < 4.78 is 0. The van der Waals surface area contributed by atoms with Crippen molar-refractivity contribution in [2.45, 2.75) is 32.1 Å². The number of fused-ring (bicyclic) bond motifs is 5. The summed E-state index contributed by atoms with van der Waals surface area (Å²) in [6, 6.07) is 11.4. The van der Waals surface area contributed by atoms with Crippen LogP contribution in [-0.2, 0) is 12.8 Å². The minimum atomic E-state index is 0.734. The lowest BCUT2D eigenvalue weighted by Gasteiger charge is -2.33. The molecule has 2 aromatic rings. The van der Waals surface area contributed by atoms with Gasteiger partial charge in [0.15, 0.2) is 0 Å². The maximum absolute atomic E-state index is 2.48. The van der Waals surface area contributed by atoms with E-state index in [-0.39, 0.29) is 0 Å². The van der Waals surface area contributed by atoms with Crippen molar-refractivity contribution in [3.05, 3.63) is 76.4 Å². The maximum atomic E-state index is 2.48. The third kappa shape index (κ3) is 1.45. The first kappa shape index (κ1) is 11.6. The molecule has 1 unspecified atom stereocenters. The molecule has 0 fully saturated rings. The van der Waals surface area contributed by atoms with Gasteiger partial charge in [0.25, 0.3) is 0 Å². The van der Waals surface area contributed by atoms with Crippen molar-refractivity contribution >= 4 is 5.57 Å². The molecular formula is C21H18. The summed E-state index contributed by atoms with van der Waals surface area (Å²) in [4.78, 5) is 0. The summed E-state index contributed by atoms with van der Waals surface area (Å²) in [7, 11) is 0.